The first kappa shape index (κ1) is 19.6. The topological polar surface area (TPSA) is 51.0 Å². The Kier molecular flexibility index (Phi) is 5.65. The van der Waals surface area contributed by atoms with Gasteiger partial charge in [0.15, 0.2) is 5.13 Å². The van der Waals surface area contributed by atoms with Gasteiger partial charge in [-0.2, -0.15) is 0 Å². The van der Waals surface area contributed by atoms with E-state index in [0.29, 0.717) is 22.3 Å². The van der Waals surface area contributed by atoms with E-state index >= 15 is 0 Å². The summed E-state index contributed by atoms with van der Waals surface area (Å²) in [5.41, 5.74) is 3.55. The first-order chi connectivity index (χ1) is 14.0. The van der Waals surface area contributed by atoms with Crippen LogP contribution in [0, 0.1) is 13.8 Å². The lowest BCUT2D eigenvalue weighted by Crippen LogP contribution is -2.32. The van der Waals surface area contributed by atoms with Gasteiger partial charge in [0.05, 0.1) is 16.0 Å². The number of carbonyl (C=O) groups is 1. The first-order valence-electron chi connectivity index (χ1n) is 9.42. The number of hydrogen-bond donors (Lipinski definition) is 0. The van der Waals surface area contributed by atoms with Crippen molar-refractivity contribution in [1.29, 1.82) is 0 Å². The van der Waals surface area contributed by atoms with Crippen LogP contribution in [0.3, 0.4) is 0 Å². The zero-order chi connectivity index (χ0) is 20.4. The number of imidazole rings is 1. The van der Waals surface area contributed by atoms with Gasteiger partial charge in [-0.25, -0.2) is 9.97 Å². The molecule has 5 nitrogen and oxygen atoms in total. The van der Waals surface area contributed by atoms with Gasteiger partial charge in [0, 0.05) is 31.0 Å². The molecule has 0 unspecified atom stereocenters. The van der Waals surface area contributed by atoms with Crippen LogP contribution in [0.1, 0.15) is 27.9 Å². The van der Waals surface area contributed by atoms with E-state index in [-0.39, 0.29) is 5.91 Å². The van der Waals surface area contributed by atoms with Crippen molar-refractivity contribution >= 4 is 44.2 Å². The number of anilines is 1. The van der Waals surface area contributed by atoms with E-state index < -0.39 is 0 Å². The van der Waals surface area contributed by atoms with Crippen molar-refractivity contribution in [2.24, 2.45) is 0 Å². The summed E-state index contributed by atoms with van der Waals surface area (Å²) in [6.45, 7) is 5.35. The first-order valence-corrected chi connectivity index (χ1v) is 10.6. The van der Waals surface area contributed by atoms with Gasteiger partial charge in [-0.15, -0.1) is 0 Å². The number of halogens is 1. The minimum Gasteiger partial charge on any atom is -0.337 e. The Bertz CT molecular complexity index is 1130. The smallest absolute Gasteiger partial charge is 0.260 e. The Hall–Kier alpha value is -2.70. The monoisotopic (exact) mass is 424 g/mol. The average molecular weight is 425 g/mol. The van der Waals surface area contributed by atoms with Crippen molar-refractivity contribution in [3.05, 3.63) is 76.8 Å². The largest absolute Gasteiger partial charge is 0.337 e. The second-order valence-electron chi connectivity index (χ2n) is 7.07. The van der Waals surface area contributed by atoms with E-state index in [9.17, 15) is 4.79 Å². The van der Waals surface area contributed by atoms with Crippen LogP contribution in [0.4, 0.5) is 5.13 Å². The number of rotatable bonds is 6. The third-order valence-electron chi connectivity index (χ3n) is 4.66. The van der Waals surface area contributed by atoms with Crippen LogP contribution in [0.25, 0.3) is 10.2 Å². The van der Waals surface area contributed by atoms with E-state index in [1.54, 1.807) is 17.4 Å². The molecule has 0 aliphatic rings. The maximum atomic E-state index is 13.4. The molecule has 0 aliphatic heterocycles. The number of benzene rings is 2. The van der Waals surface area contributed by atoms with Crippen LogP contribution in [-0.4, -0.2) is 27.0 Å². The lowest BCUT2D eigenvalue weighted by Gasteiger charge is -2.20. The highest BCUT2D eigenvalue weighted by molar-refractivity contribution is 7.22. The predicted octanol–water partition coefficient (Wildman–Crippen LogP) is 5.50. The zero-order valence-electron chi connectivity index (χ0n) is 16.3. The van der Waals surface area contributed by atoms with E-state index in [0.717, 1.165) is 34.3 Å². The molecule has 0 radical (unpaired) electrons. The third-order valence-corrected chi connectivity index (χ3v) is 6.01. The van der Waals surface area contributed by atoms with E-state index in [1.807, 2.05) is 54.9 Å². The molecular formula is C22H21ClN4OS. The highest BCUT2D eigenvalue weighted by atomic mass is 35.5. The number of hydrogen-bond acceptors (Lipinski definition) is 4. The number of nitrogens with zero attached hydrogens (tertiary/aromatic N) is 4. The molecule has 7 heteroatoms. The SMILES string of the molecule is Cc1cc(C)cc(C(=O)N(CCCn2ccnc2)c2nc3c(Cl)cccc3s2)c1. The van der Waals surface area contributed by atoms with Gasteiger partial charge in [0.25, 0.3) is 5.91 Å². The van der Waals surface area contributed by atoms with Crippen LogP contribution < -0.4 is 4.90 Å². The molecule has 0 spiro atoms. The Balaban J connectivity index is 1.67. The van der Waals surface area contributed by atoms with Gasteiger partial charge in [0.2, 0.25) is 0 Å². The lowest BCUT2D eigenvalue weighted by atomic mass is 10.1. The van der Waals surface area contributed by atoms with Crippen LogP contribution in [0.5, 0.6) is 0 Å². The summed E-state index contributed by atoms with van der Waals surface area (Å²) < 4.78 is 2.98. The molecule has 1 amide bonds. The average Bonchev–Trinajstić information content (AvgIpc) is 3.34. The molecule has 0 aliphatic carbocycles. The molecule has 29 heavy (non-hydrogen) atoms. The number of amides is 1. The molecule has 0 bridgehead atoms. The predicted molar refractivity (Wildman–Crippen MR) is 119 cm³/mol. The van der Waals surface area contributed by atoms with Crippen molar-refractivity contribution in [3.8, 4) is 0 Å². The second-order valence-corrected chi connectivity index (χ2v) is 8.49. The summed E-state index contributed by atoms with van der Waals surface area (Å²) in [4.78, 5) is 24.0. The number of carbonyl (C=O) groups excluding carboxylic acids is 1. The standard InChI is InChI=1S/C22H21ClN4OS/c1-15-11-16(2)13-17(12-15)21(28)27(9-4-8-26-10-7-24-14-26)22-25-20-18(23)5-3-6-19(20)29-22/h3,5-7,10-14H,4,8-9H2,1-2H3. The molecule has 0 saturated heterocycles. The molecule has 4 aromatic rings. The Labute approximate surface area is 178 Å². The number of aryl methyl sites for hydroxylation is 3. The molecule has 0 atom stereocenters. The summed E-state index contributed by atoms with van der Waals surface area (Å²) in [6, 6.07) is 11.6. The fourth-order valence-electron chi connectivity index (χ4n) is 3.39. The maximum absolute atomic E-state index is 13.4. The van der Waals surface area contributed by atoms with Crippen molar-refractivity contribution in [1.82, 2.24) is 14.5 Å². The fraction of sp³-hybridized carbons (Fsp3) is 0.227. The highest BCUT2D eigenvalue weighted by Gasteiger charge is 2.22. The minimum atomic E-state index is -0.0439. The van der Waals surface area contributed by atoms with E-state index in [4.69, 9.17) is 16.6 Å². The van der Waals surface area contributed by atoms with Crippen LogP contribution >= 0.6 is 22.9 Å². The van der Waals surface area contributed by atoms with Gasteiger partial charge in [0.1, 0.15) is 5.52 Å². The zero-order valence-corrected chi connectivity index (χ0v) is 17.9. The Morgan fingerprint density at radius 1 is 1.21 bits per heavy atom. The number of aromatic nitrogens is 3. The molecule has 2 heterocycles. The normalized spacial score (nSPS) is 11.1. The van der Waals surface area contributed by atoms with Gasteiger partial charge >= 0.3 is 0 Å². The summed E-state index contributed by atoms with van der Waals surface area (Å²) in [7, 11) is 0. The van der Waals surface area contributed by atoms with Crippen molar-refractivity contribution in [2.45, 2.75) is 26.8 Å². The molecular weight excluding hydrogens is 404 g/mol. The van der Waals surface area contributed by atoms with E-state index in [1.165, 1.54) is 11.3 Å². The Morgan fingerprint density at radius 2 is 2.00 bits per heavy atom. The Morgan fingerprint density at radius 3 is 2.69 bits per heavy atom. The highest BCUT2D eigenvalue weighted by Crippen LogP contribution is 2.33. The van der Waals surface area contributed by atoms with E-state index in [2.05, 4.69) is 11.1 Å². The molecule has 4 rings (SSSR count). The quantitative estimate of drug-likeness (QED) is 0.410. The molecule has 0 N–H and O–H groups in total. The van der Waals surface area contributed by atoms with Crippen molar-refractivity contribution in [2.75, 3.05) is 11.4 Å². The fourth-order valence-corrected chi connectivity index (χ4v) is 4.68. The van der Waals surface area contributed by atoms with Crippen molar-refractivity contribution in [3.63, 3.8) is 0 Å². The maximum Gasteiger partial charge on any atom is 0.260 e. The molecule has 0 fully saturated rings. The van der Waals surface area contributed by atoms with Crippen molar-refractivity contribution < 1.29 is 4.79 Å². The van der Waals surface area contributed by atoms with Gasteiger partial charge < -0.3 is 4.57 Å². The van der Waals surface area contributed by atoms with Gasteiger partial charge in [-0.3, -0.25) is 9.69 Å². The molecule has 0 saturated carbocycles. The second kappa shape index (κ2) is 8.35. The number of thiazole rings is 1. The van der Waals surface area contributed by atoms with Crippen LogP contribution in [0.2, 0.25) is 5.02 Å². The van der Waals surface area contributed by atoms with Gasteiger partial charge in [-0.05, 0) is 44.5 Å². The summed E-state index contributed by atoms with van der Waals surface area (Å²) in [6.07, 6.45) is 6.26. The summed E-state index contributed by atoms with van der Waals surface area (Å²) >= 11 is 7.80. The molecule has 148 valence electrons. The minimum absolute atomic E-state index is 0.0439. The van der Waals surface area contributed by atoms with Crippen LogP contribution in [0.15, 0.2) is 55.1 Å². The van der Waals surface area contributed by atoms with Gasteiger partial charge in [-0.1, -0.05) is 46.2 Å². The summed E-state index contributed by atoms with van der Waals surface area (Å²) in [5.74, 6) is -0.0439. The third kappa shape index (κ3) is 4.33. The van der Waals surface area contributed by atoms with Crippen LogP contribution in [-0.2, 0) is 6.54 Å². The molecule has 2 aromatic heterocycles. The molecule has 2 aromatic carbocycles. The summed E-state index contributed by atoms with van der Waals surface area (Å²) in [5, 5.41) is 1.27. The lowest BCUT2D eigenvalue weighted by molar-refractivity contribution is 0.0986. The number of fused-ring (bicyclic) bond motifs is 1. The number of para-hydroxylation sites is 1.